The highest BCUT2D eigenvalue weighted by Crippen LogP contribution is 2.28. The number of aryl methyl sites for hydroxylation is 1. The van der Waals surface area contributed by atoms with E-state index < -0.39 is 0 Å². The molecule has 1 heterocycles. The first-order valence-electron chi connectivity index (χ1n) is 9.12. The molecule has 0 radical (unpaired) electrons. The lowest BCUT2D eigenvalue weighted by Crippen LogP contribution is -2.32. The van der Waals surface area contributed by atoms with Crippen molar-refractivity contribution in [3.8, 4) is 0 Å². The molecule has 1 aromatic rings. The monoisotopic (exact) mass is 307 g/mol. The third-order valence-electron chi connectivity index (χ3n) is 4.84. The number of hydrogen-bond acceptors (Lipinski definition) is 2. The van der Waals surface area contributed by atoms with Gasteiger partial charge in [0.2, 0.25) is 0 Å². The molecule has 1 aliphatic rings. The predicted octanol–water partition coefficient (Wildman–Crippen LogP) is 5.58. The van der Waals surface area contributed by atoms with Crippen molar-refractivity contribution >= 4 is 11.3 Å². The summed E-state index contributed by atoms with van der Waals surface area (Å²) in [4.78, 5) is 3.11. The van der Waals surface area contributed by atoms with E-state index in [1.165, 1.54) is 75.6 Å². The molecule has 2 heteroatoms. The van der Waals surface area contributed by atoms with Crippen LogP contribution in [0.5, 0.6) is 0 Å². The first-order valence-corrected chi connectivity index (χ1v) is 9.94. The van der Waals surface area contributed by atoms with E-state index in [0.717, 1.165) is 5.92 Å². The van der Waals surface area contributed by atoms with Gasteiger partial charge in [-0.25, -0.2) is 0 Å². The molecule has 0 saturated heterocycles. The van der Waals surface area contributed by atoms with Crippen LogP contribution in [-0.4, -0.2) is 12.6 Å². The Labute approximate surface area is 135 Å². The quantitative estimate of drug-likeness (QED) is 0.628. The molecule has 2 rings (SSSR count). The second kappa shape index (κ2) is 9.63. The van der Waals surface area contributed by atoms with Gasteiger partial charge < -0.3 is 5.32 Å². The smallest absolute Gasteiger partial charge is 0.0115 e. The van der Waals surface area contributed by atoms with Crippen molar-refractivity contribution in [1.29, 1.82) is 0 Å². The second-order valence-electron chi connectivity index (χ2n) is 6.66. The van der Waals surface area contributed by atoms with Crippen LogP contribution >= 0.6 is 11.3 Å². The Kier molecular flexibility index (Phi) is 7.81. The van der Waals surface area contributed by atoms with Crippen molar-refractivity contribution in [3.05, 3.63) is 21.9 Å². The highest BCUT2D eigenvalue weighted by Gasteiger charge is 2.17. The van der Waals surface area contributed by atoms with Gasteiger partial charge in [-0.1, -0.05) is 46.0 Å². The molecule has 21 heavy (non-hydrogen) atoms. The Balaban J connectivity index is 1.81. The summed E-state index contributed by atoms with van der Waals surface area (Å²) < 4.78 is 0. The van der Waals surface area contributed by atoms with Crippen molar-refractivity contribution in [1.82, 2.24) is 5.32 Å². The minimum atomic E-state index is 0.690. The zero-order chi connectivity index (χ0) is 14.9. The molecule has 1 aliphatic carbocycles. The number of nitrogens with one attached hydrogen (secondary N) is 1. The van der Waals surface area contributed by atoms with E-state index in [1.54, 1.807) is 4.88 Å². The molecule has 1 unspecified atom stereocenters. The van der Waals surface area contributed by atoms with Gasteiger partial charge in [0.25, 0.3) is 0 Å². The van der Waals surface area contributed by atoms with Crippen molar-refractivity contribution in [2.75, 3.05) is 6.54 Å². The van der Waals surface area contributed by atoms with E-state index >= 15 is 0 Å². The Morgan fingerprint density at radius 1 is 1.14 bits per heavy atom. The van der Waals surface area contributed by atoms with Gasteiger partial charge in [0.05, 0.1) is 0 Å². The Hall–Kier alpha value is -0.340. The molecule has 1 fully saturated rings. The summed E-state index contributed by atoms with van der Waals surface area (Å²) in [5.41, 5.74) is 0. The lowest BCUT2D eigenvalue weighted by molar-refractivity contribution is 0.312. The maximum atomic E-state index is 3.79. The third-order valence-corrected chi connectivity index (χ3v) is 6.10. The van der Waals surface area contributed by atoms with Crippen LogP contribution in [0.15, 0.2) is 12.1 Å². The van der Waals surface area contributed by atoms with Crippen LogP contribution in [0.25, 0.3) is 0 Å². The molecule has 0 spiro atoms. The molecule has 1 saturated carbocycles. The molecular weight excluding hydrogens is 274 g/mol. The highest BCUT2D eigenvalue weighted by atomic mass is 32.1. The largest absolute Gasteiger partial charge is 0.314 e. The molecular formula is C19H33NS. The summed E-state index contributed by atoms with van der Waals surface area (Å²) >= 11 is 2.02. The standard InChI is InChI=1S/C19H33NS/c1-3-14-20-17(11-10-16-8-6-5-7-9-16)15-19-13-12-18(4-2)21-19/h12-13,16-17,20H,3-11,14-15H2,1-2H3. The molecule has 1 aromatic heterocycles. The van der Waals surface area contributed by atoms with Gasteiger partial charge in [0.15, 0.2) is 0 Å². The fourth-order valence-corrected chi connectivity index (χ4v) is 4.54. The van der Waals surface area contributed by atoms with Gasteiger partial charge in [-0.15, -0.1) is 11.3 Å². The average Bonchev–Trinajstić information content (AvgIpc) is 2.98. The van der Waals surface area contributed by atoms with E-state index in [1.807, 2.05) is 11.3 Å². The molecule has 0 amide bonds. The van der Waals surface area contributed by atoms with Gasteiger partial charge in [-0.05, 0) is 56.7 Å². The minimum Gasteiger partial charge on any atom is -0.314 e. The first kappa shape index (κ1) is 17.0. The molecule has 0 aromatic carbocycles. The first-order chi connectivity index (χ1) is 10.3. The van der Waals surface area contributed by atoms with Crippen molar-refractivity contribution in [2.45, 2.75) is 84.1 Å². The van der Waals surface area contributed by atoms with Crippen LogP contribution in [0.1, 0.15) is 75.0 Å². The summed E-state index contributed by atoms with van der Waals surface area (Å²) in [6.07, 6.45) is 13.9. The third kappa shape index (κ3) is 6.12. The van der Waals surface area contributed by atoms with E-state index in [0.29, 0.717) is 6.04 Å². The maximum Gasteiger partial charge on any atom is 0.0115 e. The zero-order valence-electron chi connectivity index (χ0n) is 14.0. The molecule has 1 nitrogen and oxygen atoms in total. The zero-order valence-corrected chi connectivity index (χ0v) is 14.8. The summed E-state index contributed by atoms with van der Waals surface area (Å²) in [6.45, 7) is 5.69. The Morgan fingerprint density at radius 2 is 1.90 bits per heavy atom. The lowest BCUT2D eigenvalue weighted by atomic mass is 9.85. The van der Waals surface area contributed by atoms with Crippen LogP contribution in [0.4, 0.5) is 0 Å². The maximum absolute atomic E-state index is 3.79. The van der Waals surface area contributed by atoms with Crippen LogP contribution in [0.3, 0.4) is 0 Å². The number of thiophene rings is 1. The van der Waals surface area contributed by atoms with E-state index in [2.05, 4.69) is 31.3 Å². The van der Waals surface area contributed by atoms with E-state index in [9.17, 15) is 0 Å². The fraction of sp³-hybridized carbons (Fsp3) is 0.789. The van der Waals surface area contributed by atoms with Crippen LogP contribution in [0.2, 0.25) is 0 Å². The van der Waals surface area contributed by atoms with Gasteiger partial charge in [0, 0.05) is 15.8 Å². The molecule has 120 valence electrons. The Bertz CT molecular complexity index is 379. The predicted molar refractivity (Wildman–Crippen MR) is 95.3 cm³/mol. The molecule has 0 aliphatic heterocycles. The highest BCUT2D eigenvalue weighted by molar-refractivity contribution is 7.11. The van der Waals surface area contributed by atoms with Crippen molar-refractivity contribution in [2.24, 2.45) is 5.92 Å². The van der Waals surface area contributed by atoms with Crippen LogP contribution in [-0.2, 0) is 12.8 Å². The molecule has 1 N–H and O–H groups in total. The second-order valence-corrected chi connectivity index (χ2v) is 7.91. The summed E-state index contributed by atoms with van der Waals surface area (Å²) in [7, 11) is 0. The summed E-state index contributed by atoms with van der Waals surface area (Å²) in [5.74, 6) is 1.01. The fourth-order valence-electron chi connectivity index (χ4n) is 3.50. The minimum absolute atomic E-state index is 0.690. The topological polar surface area (TPSA) is 12.0 Å². The summed E-state index contributed by atoms with van der Waals surface area (Å²) in [6, 6.07) is 5.36. The van der Waals surface area contributed by atoms with Gasteiger partial charge in [0.1, 0.15) is 0 Å². The Morgan fingerprint density at radius 3 is 2.57 bits per heavy atom. The van der Waals surface area contributed by atoms with Gasteiger partial charge in [-0.2, -0.15) is 0 Å². The number of rotatable bonds is 9. The van der Waals surface area contributed by atoms with E-state index in [4.69, 9.17) is 0 Å². The van der Waals surface area contributed by atoms with Gasteiger partial charge in [-0.3, -0.25) is 0 Å². The lowest BCUT2D eigenvalue weighted by Gasteiger charge is -2.24. The average molecular weight is 308 g/mol. The van der Waals surface area contributed by atoms with E-state index in [-0.39, 0.29) is 0 Å². The van der Waals surface area contributed by atoms with Crippen LogP contribution < -0.4 is 5.32 Å². The van der Waals surface area contributed by atoms with Crippen LogP contribution in [0, 0.1) is 5.92 Å². The molecule has 0 bridgehead atoms. The van der Waals surface area contributed by atoms with Crippen molar-refractivity contribution < 1.29 is 0 Å². The summed E-state index contributed by atoms with van der Waals surface area (Å²) in [5, 5.41) is 3.79. The van der Waals surface area contributed by atoms with Crippen molar-refractivity contribution in [3.63, 3.8) is 0 Å². The van der Waals surface area contributed by atoms with Gasteiger partial charge >= 0.3 is 0 Å². The number of hydrogen-bond donors (Lipinski definition) is 1. The SMILES string of the molecule is CCCNC(CCC1CCCCC1)Cc1ccc(CC)s1. The normalized spacial score (nSPS) is 18.0. The molecule has 1 atom stereocenters.